The number of likely N-dealkylation sites (tertiary alicyclic amines) is 1. The van der Waals surface area contributed by atoms with Crippen LogP contribution in [0.3, 0.4) is 0 Å². The third kappa shape index (κ3) is 4.07. The van der Waals surface area contributed by atoms with E-state index >= 15 is 0 Å². The fourth-order valence-corrected chi connectivity index (χ4v) is 3.26. The number of hydrogen-bond donors (Lipinski definition) is 2. The van der Waals surface area contributed by atoms with E-state index in [1.165, 1.54) is 0 Å². The highest BCUT2D eigenvalue weighted by Gasteiger charge is 2.43. The lowest BCUT2D eigenvalue weighted by Gasteiger charge is -2.49. The van der Waals surface area contributed by atoms with Crippen molar-refractivity contribution in [3.05, 3.63) is 23.8 Å². The van der Waals surface area contributed by atoms with Crippen molar-refractivity contribution in [3.63, 3.8) is 0 Å². The minimum atomic E-state index is -0.447. The standard InChI is InChI=1S/C19H28N2O4/c1-14-3-4-16(20-18(23)21-8-7-19(21,2)13-22)11-17(14)25-12-15-5-9-24-10-6-15/h3-4,11,15,22H,5-10,12-13H2,1-2H3,(H,20,23). The summed E-state index contributed by atoms with van der Waals surface area (Å²) in [6.07, 6.45) is 2.89. The van der Waals surface area contributed by atoms with E-state index in [0.717, 1.165) is 43.8 Å². The lowest BCUT2D eigenvalue weighted by molar-refractivity contribution is -0.00135. The van der Waals surface area contributed by atoms with Gasteiger partial charge < -0.3 is 24.8 Å². The normalized spacial score (nSPS) is 23.9. The van der Waals surface area contributed by atoms with Gasteiger partial charge in [-0.3, -0.25) is 0 Å². The first kappa shape index (κ1) is 18.0. The maximum absolute atomic E-state index is 12.4. The molecule has 0 spiro atoms. The summed E-state index contributed by atoms with van der Waals surface area (Å²) in [6, 6.07) is 5.53. The number of ether oxygens (including phenoxy) is 2. The van der Waals surface area contributed by atoms with Gasteiger partial charge in [-0.2, -0.15) is 0 Å². The topological polar surface area (TPSA) is 71.0 Å². The number of amides is 2. The molecule has 0 aliphatic carbocycles. The van der Waals surface area contributed by atoms with Gasteiger partial charge in [0.2, 0.25) is 0 Å². The van der Waals surface area contributed by atoms with Crippen LogP contribution < -0.4 is 10.1 Å². The molecule has 2 heterocycles. The highest BCUT2D eigenvalue weighted by atomic mass is 16.5. The van der Waals surface area contributed by atoms with Gasteiger partial charge in [-0.1, -0.05) is 6.07 Å². The predicted octanol–water partition coefficient (Wildman–Crippen LogP) is 2.79. The zero-order chi connectivity index (χ0) is 17.9. The smallest absolute Gasteiger partial charge is 0.322 e. The number of aliphatic hydroxyl groups excluding tert-OH is 1. The monoisotopic (exact) mass is 348 g/mol. The Morgan fingerprint density at radius 1 is 1.44 bits per heavy atom. The third-order valence-corrected chi connectivity index (χ3v) is 5.37. The molecule has 0 aromatic heterocycles. The van der Waals surface area contributed by atoms with Crippen LogP contribution in [0.4, 0.5) is 10.5 Å². The molecule has 0 saturated carbocycles. The second kappa shape index (κ2) is 7.62. The molecule has 25 heavy (non-hydrogen) atoms. The van der Waals surface area contributed by atoms with Crippen LogP contribution in [0.1, 0.15) is 31.7 Å². The Labute approximate surface area is 149 Å². The molecule has 1 aromatic rings. The van der Waals surface area contributed by atoms with Crippen LogP contribution in [0, 0.1) is 12.8 Å². The summed E-state index contributed by atoms with van der Waals surface area (Å²) in [6.45, 7) is 6.84. The van der Waals surface area contributed by atoms with Gasteiger partial charge in [0.05, 0.1) is 18.8 Å². The van der Waals surface area contributed by atoms with Crippen molar-refractivity contribution in [3.8, 4) is 5.75 Å². The number of urea groups is 1. The zero-order valence-electron chi connectivity index (χ0n) is 15.1. The minimum Gasteiger partial charge on any atom is -0.493 e. The van der Waals surface area contributed by atoms with E-state index in [1.54, 1.807) is 4.90 Å². The quantitative estimate of drug-likeness (QED) is 0.858. The molecule has 2 fully saturated rings. The fraction of sp³-hybridized carbons (Fsp3) is 0.632. The Hall–Kier alpha value is -1.79. The van der Waals surface area contributed by atoms with Crippen LogP contribution in [0.5, 0.6) is 5.75 Å². The molecule has 2 aliphatic heterocycles. The van der Waals surface area contributed by atoms with Crippen molar-refractivity contribution >= 4 is 11.7 Å². The first-order chi connectivity index (χ1) is 12.0. The maximum atomic E-state index is 12.4. The van der Waals surface area contributed by atoms with E-state index in [-0.39, 0.29) is 12.6 Å². The van der Waals surface area contributed by atoms with Gasteiger partial charge >= 0.3 is 6.03 Å². The summed E-state index contributed by atoms with van der Waals surface area (Å²) in [5.74, 6) is 1.33. The van der Waals surface area contributed by atoms with Crippen molar-refractivity contribution in [1.82, 2.24) is 4.90 Å². The fourth-order valence-electron chi connectivity index (χ4n) is 3.26. The second-order valence-corrected chi connectivity index (χ2v) is 7.33. The molecule has 138 valence electrons. The molecule has 3 rings (SSSR count). The van der Waals surface area contributed by atoms with E-state index in [0.29, 0.717) is 24.8 Å². The molecule has 1 unspecified atom stereocenters. The van der Waals surface area contributed by atoms with Crippen molar-refractivity contribution in [2.45, 2.75) is 38.6 Å². The van der Waals surface area contributed by atoms with E-state index in [9.17, 15) is 9.90 Å². The molecule has 6 heteroatoms. The Balaban J connectivity index is 1.60. The maximum Gasteiger partial charge on any atom is 0.322 e. The molecule has 2 amide bonds. The molecule has 0 radical (unpaired) electrons. The summed E-state index contributed by atoms with van der Waals surface area (Å²) in [7, 11) is 0. The molecule has 2 aliphatic rings. The number of aryl methyl sites for hydroxylation is 1. The third-order valence-electron chi connectivity index (χ3n) is 5.37. The zero-order valence-corrected chi connectivity index (χ0v) is 15.1. The first-order valence-electron chi connectivity index (χ1n) is 9.02. The largest absolute Gasteiger partial charge is 0.493 e. The van der Waals surface area contributed by atoms with Gasteiger partial charge in [-0.05, 0) is 50.7 Å². The summed E-state index contributed by atoms with van der Waals surface area (Å²) in [5, 5.41) is 12.4. The minimum absolute atomic E-state index is 0.0201. The number of anilines is 1. The molecular formula is C19H28N2O4. The lowest BCUT2D eigenvalue weighted by atomic mass is 9.88. The molecule has 0 bridgehead atoms. The van der Waals surface area contributed by atoms with E-state index in [4.69, 9.17) is 9.47 Å². The second-order valence-electron chi connectivity index (χ2n) is 7.33. The van der Waals surface area contributed by atoms with Crippen LogP contribution in [-0.4, -0.2) is 54.5 Å². The summed E-state index contributed by atoms with van der Waals surface area (Å²) < 4.78 is 11.4. The van der Waals surface area contributed by atoms with Crippen molar-refractivity contribution < 1.29 is 19.4 Å². The number of benzene rings is 1. The number of nitrogens with zero attached hydrogens (tertiary/aromatic N) is 1. The van der Waals surface area contributed by atoms with Gasteiger partial charge in [-0.25, -0.2) is 4.79 Å². The van der Waals surface area contributed by atoms with Crippen LogP contribution in [-0.2, 0) is 4.74 Å². The highest BCUT2D eigenvalue weighted by molar-refractivity contribution is 5.90. The molecule has 1 aromatic carbocycles. The lowest BCUT2D eigenvalue weighted by Crippen LogP contribution is -2.63. The molecule has 1 atom stereocenters. The van der Waals surface area contributed by atoms with Gasteiger partial charge in [0.15, 0.2) is 0 Å². The molecule has 6 nitrogen and oxygen atoms in total. The summed E-state index contributed by atoms with van der Waals surface area (Å²) in [5.41, 5.74) is 1.32. The Bertz CT molecular complexity index is 611. The van der Waals surface area contributed by atoms with E-state index < -0.39 is 5.54 Å². The molecule has 2 saturated heterocycles. The SMILES string of the molecule is Cc1ccc(NC(=O)N2CCC2(C)CO)cc1OCC1CCOCC1. The summed E-state index contributed by atoms with van der Waals surface area (Å²) >= 11 is 0. The van der Waals surface area contributed by atoms with Crippen LogP contribution >= 0.6 is 0 Å². The van der Waals surface area contributed by atoms with Crippen LogP contribution in [0.15, 0.2) is 18.2 Å². The van der Waals surface area contributed by atoms with Gasteiger partial charge in [-0.15, -0.1) is 0 Å². The number of carbonyl (C=O) groups is 1. The average Bonchev–Trinajstić information content (AvgIpc) is 2.61. The van der Waals surface area contributed by atoms with Gasteiger partial charge in [0, 0.05) is 31.5 Å². The Morgan fingerprint density at radius 3 is 2.84 bits per heavy atom. The van der Waals surface area contributed by atoms with E-state index in [2.05, 4.69) is 5.32 Å². The Morgan fingerprint density at radius 2 is 2.20 bits per heavy atom. The molecular weight excluding hydrogens is 320 g/mol. The van der Waals surface area contributed by atoms with Crippen LogP contribution in [0.25, 0.3) is 0 Å². The van der Waals surface area contributed by atoms with Crippen LogP contribution in [0.2, 0.25) is 0 Å². The number of aliphatic hydroxyl groups is 1. The molecule has 2 N–H and O–H groups in total. The van der Waals surface area contributed by atoms with Gasteiger partial charge in [0.1, 0.15) is 5.75 Å². The number of carbonyl (C=O) groups excluding carboxylic acids is 1. The number of rotatable bonds is 5. The van der Waals surface area contributed by atoms with Crippen molar-refractivity contribution in [2.24, 2.45) is 5.92 Å². The average molecular weight is 348 g/mol. The van der Waals surface area contributed by atoms with E-state index in [1.807, 2.05) is 32.0 Å². The number of hydrogen-bond acceptors (Lipinski definition) is 4. The Kier molecular flexibility index (Phi) is 5.49. The van der Waals surface area contributed by atoms with Gasteiger partial charge in [0.25, 0.3) is 0 Å². The van der Waals surface area contributed by atoms with Crippen molar-refractivity contribution in [1.29, 1.82) is 0 Å². The first-order valence-corrected chi connectivity index (χ1v) is 9.02. The predicted molar refractivity (Wildman–Crippen MR) is 96.0 cm³/mol. The van der Waals surface area contributed by atoms with Crippen molar-refractivity contribution in [2.75, 3.05) is 38.3 Å². The summed E-state index contributed by atoms with van der Waals surface area (Å²) in [4.78, 5) is 14.1. The number of nitrogens with one attached hydrogen (secondary N) is 1. The highest BCUT2D eigenvalue weighted by Crippen LogP contribution is 2.31.